The van der Waals surface area contributed by atoms with Crippen LogP contribution in [0.4, 0.5) is 0 Å². The molecule has 2 fully saturated rings. The molecule has 0 aromatic carbocycles. The molecule has 2 rings (SSSR count). The van der Waals surface area contributed by atoms with E-state index in [1.54, 1.807) is 13.8 Å². The summed E-state index contributed by atoms with van der Waals surface area (Å²) in [5.74, 6) is -2.22. The van der Waals surface area contributed by atoms with Gasteiger partial charge < -0.3 is 24.0 Å². The molecule has 0 aliphatic heterocycles. The summed E-state index contributed by atoms with van der Waals surface area (Å²) >= 11 is 0. The van der Waals surface area contributed by atoms with Crippen molar-refractivity contribution in [3.05, 3.63) is 12.2 Å². The summed E-state index contributed by atoms with van der Waals surface area (Å²) in [6, 6.07) is 0. The van der Waals surface area contributed by atoms with Gasteiger partial charge in [-0.1, -0.05) is 6.58 Å². The summed E-state index contributed by atoms with van der Waals surface area (Å²) in [6.45, 7) is 6.83. The molecular formula is C17H25O9P. The fourth-order valence-electron chi connectivity index (χ4n) is 3.85. The van der Waals surface area contributed by atoms with Crippen LogP contribution >= 0.6 is 7.60 Å². The molecule has 152 valence electrons. The normalized spacial score (nSPS) is 25.3. The topological polar surface area (TPSA) is 136 Å². The van der Waals surface area contributed by atoms with Gasteiger partial charge in [0.25, 0.3) is 0 Å². The summed E-state index contributed by atoms with van der Waals surface area (Å²) < 4.78 is 25.9. The van der Waals surface area contributed by atoms with E-state index in [1.807, 2.05) is 0 Å². The molecule has 2 aliphatic carbocycles. The van der Waals surface area contributed by atoms with Crippen molar-refractivity contribution >= 4 is 25.5 Å². The summed E-state index contributed by atoms with van der Waals surface area (Å²) in [6.07, 6.45) is 0.256. The van der Waals surface area contributed by atoms with E-state index in [4.69, 9.17) is 24.0 Å². The largest absolute Gasteiger partial charge is 0.465 e. The highest BCUT2D eigenvalue weighted by molar-refractivity contribution is 7.51. The number of carbonyl (C=O) groups excluding carboxylic acids is 3. The first-order chi connectivity index (χ1) is 12.5. The number of carbonyl (C=O) groups is 3. The van der Waals surface area contributed by atoms with Gasteiger partial charge in [-0.15, -0.1) is 0 Å². The van der Waals surface area contributed by atoms with Gasteiger partial charge in [-0.05, 0) is 39.0 Å². The van der Waals surface area contributed by atoms with E-state index >= 15 is 0 Å². The number of ether oxygens (including phenoxy) is 3. The van der Waals surface area contributed by atoms with Gasteiger partial charge in [-0.2, -0.15) is 0 Å². The van der Waals surface area contributed by atoms with E-state index in [1.165, 1.54) is 0 Å². The standard InChI is InChI=1S/C17H25O9P/c1-4-24-14(19)17(15(20)25-5-2)9-12-8-16(12,10-17)11(3)13(18)26-6-7-27(21,22)23/h12H,3-10H2,1-2H3,(H2,21,22,23). The molecule has 10 heteroatoms. The lowest BCUT2D eigenvalue weighted by Gasteiger charge is -2.28. The quantitative estimate of drug-likeness (QED) is 0.191. The second-order valence-electron chi connectivity index (χ2n) is 6.96. The van der Waals surface area contributed by atoms with Crippen LogP contribution in [-0.2, 0) is 33.2 Å². The predicted molar refractivity (Wildman–Crippen MR) is 92.5 cm³/mol. The van der Waals surface area contributed by atoms with Crippen molar-refractivity contribution in [1.29, 1.82) is 0 Å². The monoisotopic (exact) mass is 404 g/mol. The fourth-order valence-corrected chi connectivity index (χ4v) is 4.18. The van der Waals surface area contributed by atoms with Gasteiger partial charge in [-0.3, -0.25) is 14.2 Å². The number of fused-ring (bicyclic) bond motifs is 1. The smallest absolute Gasteiger partial charge is 0.333 e. The predicted octanol–water partition coefficient (Wildman–Crippen LogP) is 1.18. The van der Waals surface area contributed by atoms with E-state index < -0.39 is 49.1 Å². The third-order valence-corrected chi connectivity index (χ3v) is 6.00. The first-order valence-corrected chi connectivity index (χ1v) is 10.6. The Balaban J connectivity index is 2.12. The van der Waals surface area contributed by atoms with Gasteiger partial charge in [0.15, 0.2) is 5.41 Å². The van der Waals surface area contributed by atoms with Gasteiger partial charge >= 0.3 is 25.5 Å². The molecule has 0 spiro atoms. The Morgan fingerprint density at radius 3 is 2.11 bits per heavy atom. The van der Waals surface area contributed by atoms with Crippen LogP contribution in [-0.4, -0.2) is 53.7 Å². The zero-order valence-corrected chi connectivity index (χ0v) is 16.3. The molecule has 0 saturated heterocycles. The number of rotatable bonds is 9. The molecule has 2 N–H and O–H groups in total. The average Bonchev–Trinajstić information content (AvgIpc) is 3.15. The van der Waals surface area contributed by atoms with Crippen molar-refractivity contribution in [1.82, 2.24) is 0 Å². The molecule has 2 unspecified atom stereocenters. The molecule has 0 bridgehead atoms. The lowest BCUT2D eigenvalue weighted by Crippen LogP contribution is -2.42. The molecule has 0 aromatic rings. The Kier molecular flexibility index (Phi) is 6.19. The van der Waals surface area contributed by atoms with E-state index in [2.05, 4.69) is 6.58 Å². The minimum atomic E-state index is -4.28. The Morgan fingerprint density at radius 2 is 1.63 bits per heavy atom. The number of esters is 3. The lowest BCUT2D eigenvalue weighted by atomic mass is 9.79. The maximum Gasteiger partial charge on any atom is 0.333 e. The van der Waals surface area contributed by atoms with Gasteiger partial charge in [0.1, 0.15) is 6.61 Å². The van der Waals surface area contributed by atoms with E-state index in [0.29, 0.717) is 6.42 Å². The molecule has 0 heterocycles. The number of hydrogen-bond acceptors (Lipinski definition) is 7. The second kappa shape index (κ2) is 7.73. The molecule has 2 saturated carbocycles. The van der Waals surface area contributed by atoms with Crippen LogP contribution in [0.15, 0.2) is 12.2 Å². The van der Waals surface area contributed by atoms with Crippen LogP contribution in [0.25, 0.3) is 0 Å². The van der Waals surface area contributed by atoms with Crippen LogP contribution < -0.4 is 0 Å². The van der Waals surface area contributed by atoms with Gasteiger partial charge in [0, 0.05) is 11.0 Å². The lowest BCUT2D eigenvalue weighted by molar-refractivity contribution is -0.173. The van der Waals surface area contributed by atoms with Crippen LogP contribution in [0, 0.1) is 16.7 Å². The molecule has 0 aromatic heterocycles. The highest BCUT2D eigenvalue weighted by Gasteiger charge is 2.73. The first kappa shape index (κ1) is 21.6. The van der Waals surface area contributed by atoms with Crippen LogP contribution in [0.1, 0.15) is 33.1 Å². The zero-order valence-electron chi connectivity index (χ0n) is 15.4. The van der Waals surface area contributed by atoms with Crippen molar-refractivity contribution in [3.63, 3.8) is 0 Å². The number of hydrogen-bond donors (Lipinski definition) is 2. The molecular weight excluding hydrogens is 379 g/mol. The second-order valence-corrected chi connectivity index (χ2v) is 8.74. The van der Waals surface area contributed by atoms with Crippen molar-refractivity contribution in [3.8, 4) is 0 Å². The van der Waals surface area contributed by atoms with E-state index in [9.17, 15) is 18.9 Å². The van der Waals surface area contributed by atoms with Crippen molar-refractivity contribution in [2.45, 2.75) is 33.1 Å². The summed E-state index contributed by atoms with van der Waals surface area (Å²) in [5.41, 5.74) is -2.11. The highest BCUT2D eigenvalue weighted by Crippen LogP contribution is 2.72. The first-order valence-electron chi connectivity index (χ1n) is 8.78. The maximum atomic E-state index is 12.5. The molecule has 0 amide bonds. The van der Waals surface area contributed by atoms with Crippen molar-refractivity contribution < 1.29 is 42.9 Å². The summed E-state index contributed by atoms with van der Waals surface area (Å²) in [5, 5.41) is 0. The summed E-state index contributed by atoms with van der Waals surface area (Å²) in [4.78, 5) is 54.9. The average molecular weight is 404 g/mol. The van der Waals surface area contributed by atoms with Gasteiger partial charge in [0.05, 0.1) is 19.4 Å². The molecule has 2 aliphatic rings. The maximum absolute atomic E-state index is 12.5. The van der Waals surface area contributed by atoms with Gasteiger partial charge in [-0.25, -0.2) is 4.79 Å². The minimum absolute atomic E-state index is 0.0504. The Bertz CT molecular complexity index is 677. The minimum Gasteiger partial charge on any atom is -0.465 e. The molecule has 2 atom stereocenters. The summed E-state index contributed by atoms with van der Waals surface area (Å²) in [7, 11) is -4.28. The van der Waals surface area contributed by atoms with E-state index in [0.717, 1.165) is 0 Å². The third kappa shape index (κ3) is 4.25. The molecule has 27 heavy (non-hydrogen) atoms. The highest BCUT2D eigenvalue weighted by atomic mass is 31.2. The van der Waals surface area contributed by atoms with Crippen LogP contribution in [0.2, 0.25) is 0 Å². The van der Waals surface area contributed by atoms with Crippen molar-refractivity contribution in [2.75, 3.05) is 26.0 Å². The zero-order chi connectivity index (χ0) is 20.5. The van der Waals surface area contributed by atoms with E-state index in [-0.39, 0.29) is 37.5 Å². The van der Waals surface area contributed by atoms with Crippen molar-refractivity contribution in [2.24, 2.45) is 16.7 Å². The molecule has 9 nitrogen and oxygen atoms in total. The third-order valence-electron chi connectivity index (χ3n) is 5.24. The Labute approximate surface area is 157 Å². The van der Waals surface area contributed by atoms with Gasteiger partial charge in [0.2, 0.25) is 0 Å². The fraction of sp³-hybridized carbons (Fsp3) is 0.706. The van der Waals surface area contributed by atoms with Crippen LogP contribution in [0.5, 0.6) is 0 Å². The molecule has 0 radical (unpaired) electrons. The van der Waals surface area contributed by atoms with Crippen LogP contribution in [0.3, 0.4) is 0 Å². The Morgan fingerprint density at radius 1 is 1.07 bits per heavy atom. The Hall–Kier alpha value is -1.70. The SMILES string of the molecule is C=C(C(=O)OCCP(=O)(O)O)C12CC1CC(C(=O)OCC)(C(=O)OCC)C2.